The molecule has 3 rings (SSSR count). The molecule has 0 fully saturated rings. The van der Waals surface area contributed by atoms with Gasteiger partial charge in [0, 0.05) is 17.3 Å². The van der Waals surface area contributed by atoms with Crippen molar-refractivity contribution >= 4 is 40.8 Å². The Bertz CT molecular complexity index is 1180. The lowest BCUT2D eigenvalue weighted by atomic mass is 10.2. The second-order valence-electron chi connectivity index (χ2n) is 6.36. The summed E-state index contributed by atoms with van der Waals surface area (Å²) in [4.78, 5) is 43.5. The molecule has 0 radical (unpaired) electrons. The summed E-state index contributed by atoms with van der Waals surface area (Å²) in [5, 5.41) is 5.32. The van der Waals surface area contributed by atoms with Crippen LogP contribution < -0.4 is 31.4 Å². The maximum atomic E-state index is 12.4. The fourth-order valence-electron chi connectivity index (χ4n) is 2.68. The van der Waals surface area contributed by atoms with Crippen LogP contribution >= 0.6 is 11.8 Å². The van der Waals surface area contributed by atoms with Crippen LogP contribution in [0.15, 0.2) is 58.5 Å². The number of nitrogens with zero attached hydrogens (tertiary/aromatic N) is 1. The lowest BCUT2D eigenvalue weighted by molar-refractivity contribution is -0.113. The zero-order chi connectivity index (χ0) is 23.1. The van der Waals surface area contributed by atoms with Crippen LogP contribution in [-0.2, 0) is 4.79 Å². The number of nitrogens with one attached hydrogen (secondary N) is 3. The van der Waals surface area contributed by atoms with Gasteiger partial charge in [0.25, 0.3) is 11.5 Å². The Morgan fingerprint density at radius 2 is 1.78 bits per heavy atom. The maximum absolute atomic E-state index is 12.4. The number of aromatic amines is 1. The number of methoxy groups -OCH3 is 2. The molecule has 0 aliphatic heterocycles. The van der Waals surface area contributed by atoms with E-state index in [0.717, 1.165) is 11.8 Å². The predicted molar refractivity (Wildman–Crippen MR) is 123 cm³/mol. The number of nitrogen functional groups attached to an aromatic ring is 1. The van der Waals surface area contributed by atoms with Crippen molar-refractivity contribution in [2.75, 3.05) is 36.3 Å². The Balaban J connectivity index is 1.63. The zero-order valence-electron chi connectivity index (χ0n) is 17.3. The van der Waals surface area contributed by atoms with E-state index < -0.39 is 11.5 Å². The first-order valence-electron chi connectivity index (χ1n) is 9.32. The van der Waals surface area contributed by atoms with Crippen molar-refractivity contribution in [2.24, 2.45) is 0 Å². The van der Waals surface area contributed by atoms with E-state index in [4.69, 9.17) is 15.2 Å². The van der Waals surface area contributed by atoms with Crippen molar-refractivity contribution in [3.8, 4) is 11.5 Å². The van der Waals surface area contributed by atoms with Crippen LogP contribution in [0.4, 0.5) is 17.2 Å². The van der Waals surface area contributed by atoms with Gasteiger partial charge in [-0.2, -0.15) is 0 Å². The molecule has 0 saturated carbocycles. The van der Waals surface area contributed by atoms with Crippen molar-refractivity contribution in [3.05, 3.63) is 64.4 Å². The molecular formula is C21H21N5O5S. The highest BCUT2D eigenvalue weighted by atomic mass is 32.2. The van der Waals surface area contributed by atoms with Gasteiger partial charge < -0.3 is 25.8 Å². The van der Waals surface area contributed by atoms with Crippen LogP contribution in [0.2, 0.25) is 0 Å². The minimum atomic E-state index is -0.621. The van der Waals surface area contributed by atoms with Crippen LogP contribution in [0, 0.1) is 0 Å². The van der Waals surface area contributed by atoms with Gasteiger partial charge in [-0.15, -0.1) is 0 Å². The molecule has 0 unspecified atom stereocenters. The van der Waals surface area contributed by atoms with E-state index in [1.54, 1.807) is 48.5 Å². The highest BCUT2D eigenvalue weighted by Gasteiger charge is 2.15. The van der Waals surface area contributed by atoms with E-state index in [2.05, 4.69) is 20.6 Å². The Kier molecular flexibility index (Phi) is 7.34. The number of ether oxygens (including phenoxy) is 2. The van der Waals surface area contributed by atoms with E-state index in [1.807, 2.05) is 0 Å². The summed E-state index contributed by atoms with van der Waals surface area (Å²) < 4.78 is 10.4. The van der Waals surface area contributed by atoms with Crippen molar-refractivity contribution in [1.82, 2.24) is 9.97 Å². The third-order valence-electron chi connectivity index (χ3n) is 4.21. The first kappa shape index (κ1) is 22.7. The van der Waals surface area contributed by atoms with Crippen LogP contribution in [0.3, 0.4) is 0 Å². The van der Waals surface area contributed by atoms with E-state index in [1.165, 1.54) is 14.2 Å². The molecule has 10 nitrogen and oxygen atoms in total. The fourth-order valence-corrected chi connectivity index (χ4v) is 3.35. The van der Waals surface area contributed by atoms with Crippen LogP contribution in [0.25, 0.3) is 0 Å². The number of hydrogen-bond donors (Lipinski definition) is 4. The topological polar surface area (TPSA) is 148 Å². The number of thioether (sulfide) groups is 1. The smallest absolute Gasteiger partial charge is 0.277 e. The maximum Gasteiger partial charge on any atom is 0.277 e. The van der Waals surface area contributed by atoms with E-state index >= 15 is 0 Å². The molecule has 3 aromatic rings. The zero-order valence-corrected chi connectivity index (χ0v) is 18.1. The number of H-pyrrole nitrogens is 1. The van der Waals surface area contributed by atoms with Crippen LogP contribution in [0.5, 0.6) is 11.5 Å². The van der Waals surface area contributed by atoms with E-state index in [-0.39, 0.29) is 28.3 Å². The van der Waals surface area contributed by atoms with E-state index in [9.17, 15) is 14.4 Å². The quantitative estimate of drug-likeness (QED) is 0.299. The summed E-state index contributed by atoms with van der Waals surface area (Å²) in [6, 6.07) is 13.4. The van der Waals surface area contributed by atoms with Crippen molar-refractivity contribution in [1.29, 1.82) is 0 Å². The number of hydrogen-bond acceptors (Lipinski definition) is 8. The number of benzene rings is 2. The van der Waals surface area contributed by atoms with Crippen LogP contribution in [-0.4, -0.2) is 41.8 Å². The highest BCUT2D eigenvalue weighted by Crippen LogP contribution is 2.29. The van der Waals surface area contributed by atoms with Gasteiger partial charge in [0.15, 0.2) is 22.5 Å². The number of rotatable bonds is 8. The molecule has 5 N–H and O–H groups in total. The molecular weight excluding hydrogens is 434 g/mol. The second kappa shape index (κ2) is 10.4. The van der Waals surface area contributed by atoms with Gasteiger partial charge >= 0.3 is 0 Å². The predicted octanol–water partition coefficient (Wildman–Crippen LogP) is 2.35. The molecule has 11 heteroatoms. The third kappa shape index (κ3) is 5.58. The normalized spacial score (nSPS) is 10.3. The monoisotopic (exact) mass is 455 g/mol. The molecule has 0 atom stereocenters. The summed E-state index contributed by atoms with van der Waals surface area (Å²) in [5.41, 5.74) is 5.97. The summed E-state index contributed by atoms with van der Waals surface area (Å²) in [6.45, 7) is 0. The number of anilines is 3. The van der Waals surface area contributed by atoms with Gasteiger partial charge in [-0.05, 0) is 24.3 Å². The SMILES string of the molecule is COc1ccc(NC(=O)CSc2nc(N)c(NC(=O)c3ccccc3)c(=O)[nH]2)cc1OC. The first-order chi connectivity index (χ1) is 15.4. The summed E-state index contributed by atoms with van der Waals surface area (Å²) >= 11 is 0.990. The van der Waals surface area contributed by atoms with E-state index in [0.29, 0.717) is 22.7 Å². The van der Waals surface area contributed by atoms with Gasteiger partial charge in [0.05, 0.1) is 20.0 Å². The molecule has 2 amide bonds. The molecule has 32 heavy (non-hydrogen) atoms. The largest absolute Gasteiger partial charge is 0.493 e. The highest BCUT2D eigenvalue weighted by molar-refractivity contribution is 7.99. The molecule has 1 heterocycles. The Morgan fingerprint density at radius 3 is 2.44 bits per heavy atom. The van der Waals surface area contributed by atoms with Gasteiger partial charge in [-0.1, -0.05) is 30.0 Å². The number of carbonyl (C=O) groups excluding carboxylic acids is 2. The second-order valence-corrected chi connectivity index (χ2v) is 7.32. The van der Waals surface area contributed by atoms with Gasteiger partial charge in [0.1, 0.15) is 5.69 Å². The number of aromatic nitrogens is 2. The molecule has 2 aromatic carbocycles. The first-order valence-corrected chi connectivity index (χ1v) is 10.3. The van der Waals surface area contributed by atoms with Crippen molar-refractivity contribution in [2.45, 2.75) is 5.16 Å². The van der Waals surface area contributed by atoms with Gasteiger partial charge in [0.2, 0.25) is 5.91 Å². The molecule has 0 spiro atoms. The molecule has 0 aliphatic rings. The molecule has 0 aliphatic carbocycles. The minimum Gasteiger partial charge on any atom is -0.493 e. The molecule has 1 aromatic heterocycles. The van der Waals surface area contributed by atoms with Crippen LogP contribution in [0.1, 0.15) is 10.4 Å². The Morgan fingerprint density at radius 1 is 1.06 bits per heavy atom. The third-order valence-corrected chi connectivity index (χ3v) is 5.08. The lowest BCUT2D eigenvalue weighted by Gasteiger charge is -2.11. The molecule has 0 saturated heterocycles. The Labute approximate surface area is 187 Å². The van der Waals surface area contributed by atoms with Crippen molar-refractivity contribution in [3.63, 3.8) is 0 Å². The van der Waals surface area contributed by atoms with Gasteiger partial charge in [-0.25, -0.2) is 4.98 Å². The Hall–Kier alpha value is -3.99. The summed E-state index contributed by atoms with van der Waals surface area (Å²) in [6.07, 6.45) is 0. The summed E-state index contributed by atoms with van der Waals surface area (Å²) in [7, 11) is 3.02. The average Bonchev–Trinajstić information content (AvgIpc) is 2.80. The number of carbonyl (C=O) groups is 2. The summed E-state index contributed by atoms with van der Waals surface area (Å²) in [5.74, 6) is 0.0124. The number of amides is 2. The lowest BCUT2D eigenvalue weighted by Crippen LogP contribution is -2.23. The molecule has 166 valence electrons. The average molecular weight is 455 g/mol. The number of nitrogens with two attached hydrogens (primary N) is 1. The minimum absolute atomic E-state index is 0.0353. The molecule has 0 bridgehead atoms. The van der Waals surface area contributed by atoms with Gasteiger partial charge in [-0.3, -0.25) is 19.4 Å². The fraction of sp³-hybridized carbons (Fsp3) is 0.143. The standard InChI is InChI=1S/C21H21N5O5S/c1-30-14-9-8-13(10-15(14)31-2)23-16(27)11-32-21-25-18(22)17(20(29)26-21)24-19(28)12-6-4-3-5-7-12/h3-10H,11H2,1-2H3,(H,23,27)(H,24,28)(H3,22,25,26,29). The van der Waals surface area contributed by atoms with Crippen molar-refractivity contribution < 1.29 is 19.1 Å².